The smallest absolute Gasteiger partial charge is 0.309 e. The summed E-state index contributed by atoms with van der Waals surface area (Å²) in [5.74, 6) is -0.229. The molecule has 0 aliphatic heterocycles. The van der Waals surface area contributed by atoms with Crippen LogP contribution in [0.2, 0.25) is 0 Å². The van der Waals surface area contributed by atoms with Crippen molar-refractivity contribution in [2.45, 2.75) is 32.6 Å². The standard InChI is InChI=1S/C30H31NO5/c1-2-35-30(34)25(13-8-11-23-9-4-3-5-10-23)21-24-15-17-27(18-16-24)36-20-19-31-29(33)28-14-7-6-12-26(28)22-32/h3-7,9-10,12,14-19,22,25H,2,8,11,13,20-21H2,1H3. The molecule has 3 aromatic rings. The molecule has 0 spiro atoms. The molecular formula is C30H31NO5. The van der Waals surface area contributed by atoms with E-state index in [1.807, 2.05) is 49.4 Å². The number of hydrogen-bond acceptors (Lipinski definition) is 5. The number of carbonyl (C=O) groups is 3. The van der Waals surface area contributed by atoms with Crippen LogP contribution in [-0.4, -0.2) is 37.6 Å². The summed E-state index contributed by atoms with van der Waals surface area (Å²) >= 11 is 0. The highest BCUT2D eigenvalue weighted by Crippen LogP contribution is 2.20. The molecule has 0 N–H and O–H groups in total. The van der Waals surface area contributed by atoms with E-state index in [4.69, 9.17) is 9.47 Å². The lowest BCUT2D eigenvalue weighted by atomic mass is 9.93. The number of esters is 1. The molecule has 1 atom stereocenters. The first-order chi connectivity index (χ1) is 17.6. The molecule has 1 amide bonds. The molecule has 3 aromatic carbocycles. The van der Waals surface area contributed by atoms with E-state index < -0.39 is 5.91 Å². The molecule has 0 bridgehead atoms. The first-order valence-corrected chi connectivity index (χ1v) is 12.1. The van der Waals surface area contributed by atoms with Gasteiger partial charge in [0.15, 0.2) is 6.29 Å². The highest BCUT2D eigenvalue weighted by Gasteiger charge is 2.20. The van der Waals surface area contributed by atoms with Gasteiger partial charge in [0.05, 0.1) is 18.1 Å². The van der Waals surface area contributed by atoms with Crippen LogP contribution in [0.25, 0.3) is 0 Å². The summed E-state index contributed by atoms with van der Waals surface area (Å²) in [5.41, 5.74) is 2.85. The number of benzene rings is 3. The lowest BCUT2D eigenvalue weighted by molar-refractivity contribution is -0.148. The number of hydrogen-bond donors (Lipinski definition) is 0. The van der Waals surface area contributed by atoms with E-state index in [0.717, 1.165) is 24.8 Å². The molecule has 6 heteroatoms. The van der Waals surface area contributed by atoms with Crippen molar-refractivity contribution in [3.8, 4) is 5.75 Å². The van der Waals surface area contributed by atoms with Crippen LogP contribution in [0.5, 0.6) is 5.75 Å². The SMILES string of the molecule is CCOC(=O)C(CCCc1ccccc1)Cc1ccc(OCC=NC(=O)c2ccccc2C=O)cc1. The zero-order valence-electron chi connectivity index (χ0n) is 20.5. The number of nitrogens with zero attached hydrogens (tertiary/aromatic N) is 1. The summed E-state index contributed by atoms with van der Waals surface area (Å²) in [6, 6.07) is 24.3. The number of ether oxygens (including phenoxy) is 2. The predicted octanol–water partition coefficient (Wildman–Crippen LogP) is 5.53. The molecule has 186 valence electrons. The third-order valence-corrected chi connectivity index (χ3v) is 5.74. The van der Waals surface area contributed by atoms with Crippen LogP contribution >= 0.6 is 0 Å². The number of amides is 1. The van der Waals surface area contributed by atoms with Crippen molar-refractivity contribution < 1.29 is 23.9 Å². The summed E-state index contributed by atoms with van der Waals surface area (Å²) in [6.45, 7) is 2.30. The maximum absolute atomic E-state index is 12.5. The molecule has 0 fully saturated rings. The van der Waals surface area contributed by atoms with Crippen molar-refractivity contribution in [1.82, 2.24) is 0 Å². The Morgan fingerprint density at radius 3 is 2.36 bits per heavy atom. The minimum Gasteiger partial charge on any atom is -0.488 e. The van der Waals surface area contributed by atoms with Gasteiger partial charge in [-0.05, 0) is 61.9 Å². The van der Waals surface area contributed by atoms with Crippen LogP contribution < -0.4 is 4.74 Å². The van der Waals surface area contributed by atoms with Crippen LogP contribution in [0.4, 0.5) is 0 Å². The topological polar surface area (TPSA) is 82.0 Å². The fraction of sp³-hybridized carbons (Fsp3) is 0.267. The summed E-state index contributed by atoms with van der Waals surface area (Å²) < 4.78 is 11.0. The first-order valence-electron chi connectivity index (χ1n) is 12.1. The maximum Gasteiger partial charge on any atom is 0.309 e. The molecule has 0 aliphatic carbocycles. The fourth-order valence-corrected chi connectivity index (χ4v) is 3.88. The van der Waals surface area contributed by atoms with Crippen molar-refractivity contribution >= 4 is 24.4 Å². The second kappa shape index (κ2) is 14.4. The normalized spacial score (nSPS) is 11.7. The molecule has 36 heavy (non-hydrogen) atoms. The molecule has 0 aromatic heterocycles. The Balaban J connectivity index is 1.51. The zero-order valence-corrected chi connectivity index (χ0v) is 20.5. The number of aldehydes is 1. The summed E-state index contributed by atoms with van der Waals surface area (Å²) in [6.07, 6.45) is 5.19. The molecule has 0 radical (unpaired) electrons. The number of aliphatic imine (C=N–C) groups is 1. The fourth-order valence-electron chi connectivity index (χ4n) is 3.88. The summed E-state index contributed by atoms with van der Waals surface area (Å²) in [7, 11) is 0. The Bertz CT molecular complexity index is 1160. The van der Waals surface area contributed by atoms with E-state index >= 15 is 0 Å². The molecular weight excluding hydrogens is 454 g/mol. The Kier molecular flexibility index (Phi) is 10.6. The highest BCUT2D eigenvalue weighted by molar-refractivity contribution is 6.04. The number of aryl methyl sites for hydroxylation is 1. The molecule has 0 aliphatic rings. The Labute approximate surface area is 212 Å². The molecule has 3 rings (SSSR count). The van der Waals surface area contributed by atoms with Crippen molar-refractivity contribution in [2.75, 3.05) is 13.2 Å². The highest BCUT2D eigenvalue weighted by atomic mass is 16.5. The van der Waals surface area contributed by atoms with E-state index in [1.54, 1.807) is 24.3 Å². The molecule has 6 nitrogen and oxygen atoms in total. The second-order valence-corrected chi connectivity index (χ2v) is 8.31. The van der Waals surface area contributed by atoms with Crippen LogP contribution in [0, 0.1) is 5.92 Å². The number of carbonyl (C=O) groups excluding carboxylic acids is 3. The lowest BCUT2D eigenvalue weighted by Crippen LogP contribution is -2.20. The first kappa shape index (κ1) is 26.5. The van der Waals surface area contributed by atoms with E-state index in [-0.39, 0.29) is 24.1 Å². The van der Waals surface area contributed by atoms with Gasteiger partial charge in [0.1, 0.15) is 12.4 Å². The largest absolute Gasteiger partial charge is 0.488 e. The van der Waals surface area contributed by atoms with Gasteiger partial charge < -0.3 is 9.47 Å². The van der Waals surface area contributed by atoms with Gasteiger partial charge in [-0.2, -0.15) is 0 Å². The van der Waals surface area contributed by atoms with Crippen molar-refractivity contribution in [2.24, 2.45) is 10.9 Å². The third kappa shape index (κ3) is 8.31. The quantitative estimate of drug-likeness (QED) is 0.181. The van der Waals surface area contributed by atoms with Gasteiger partial charge in [0.25, 0.3) is 5.91 Å². The van der Waals surface area contributed by atoms with Gasteiger partial charge in [-0.3, -0.25) is 14.4 Å². The van der Waals surface area contributed by atoms with Crippen molar-refractivity contribution in [3.63, 3.8) is 0 Å². The second-order valence-electron chi connectivity index (χ2n) is 8.31. The molecule has 0 saturated heterocycles. The average molecular weight is 486 g/mol. The van der Waals surface area contributed by atoms with Gasteiger partial charge in [-0.25, -0.2) is 4.99 Å². The summed E-state index contributed by atoms with van der Waals surface area (Å²) in [4.78, 5) is 39.6. The van der Waals surface area contributed by atoms with E-state index in [1.165, 1.54) is 11.8 Å². The minimum absolute atomic E-state index is 0.110. The van der Waals surface area contributed by atoms with E-state index in [9.17, 15) is 14.4 Å². The van der Waals surface area contributed by atoms with Crippen LogP contribution in [0.1, 0.15) is 51.6 Å². The van der Waals surface area contributed by atoms with Crippen molar-refractivity contribution in [3.05, 3.63) is 101 Å². The Hall–Kier alpha value is -4.06. The molecule has 0 saturated carbocycles. The molecule has 0 heterocycles. The third-order valence-electron chi connectivity index (χ3n) is 5.74. The van der Waals surface area contributed by atoms with Crippen LogP contribution in [0.15, 0.2) is 83.9 Å². The zero-order chi connectivity index (χ0) is 25.6. The van der Waals surface area contributed by atoms with Gasteiger partial charge >= 0.3 is 5.97 Å². The van der Waals surface area contributed by atoms with Crippen LogP contribution in [0.3, 0.4) is 0 Å². The summed E-state index contributed by atoms with van der Waals surface area (Å²) in [5, 5.41) is 0. The predicted molar refractivity (Wildman–Crippen MR) is 140 cm³/mol. The van der Waals surface area contributed by atoms with Gasteiger partial charge in [0.2, 0.25) is 0 Å². The minimum atomic E-state index is -0.492. The van der Waals surface area contributed by atoms with Crippen molar-refractivity contribution in [1.29, 1.82) is 0 Å². The van der Waals surface area contributed by atoms with Crippen LogP contribution in [-0.2, 0) is 22.4 Å². The van der Waals surface area contributed by atoms with Gasteiger partial charge in [0, 0.05) is 11.8 Å². The average Bonchev–Trinajstić information content (AvgIpc) is 2.92. The molecule has 1 unspecified atom stereocenters. The Morgan fingerprint density at radius 1 is 0.917 bits per heavy atom. The van der Waals surface area contributed by atoms with Gasteiger partial charge in [-0.15, -0.1) is 0 Å². The maximum atomic E-state index is 12.5. The van der Waals surface area contributed by atoms with E-state index in [2.05, 4.69) is 17.1 Å². The van der Waals surface area contributed by atoms with E-state index in [0.29, 0.717) is 30.6 Å². The lowest BCUT2D eigenvalue weighted by Gasteiger charge is -2.16. The van der Waals surface area contributed by atoms with Gasteiger partial charge in [-0.1, -0.05) is 60.7 Å². The Morgan fingerprint density at radius 2 is 1.64 bits per heavy atom. The number of rotatable bonds is 13. The monoisotopic (exact) mass is 485 g/mol.